The molecule has 0 amide bonds. The van der Waals surface area contributed by atoms with Crippen molar-refractivity contribution >= 4 is 15.8 Å². The molecule has 2 rings (SSSR count). The molecule has 0 aliphatic carbocycles. The van der Waals surface area contributed by atoms with Crippen molar-refractivity contribution in [2.75, 3.05) is 0 Å². The molecular weight excluding hydrogens is 567 g/mol. The molecule has 2 aromatic carbocycles. The standard InChI is InChI=1S/2C15H22FP.Pd/c2*1-12(2)17(13(3)4)11-5-6-14-7-9-15(16)10-8-14;/h2*5,7-13H,6H2,1-4H3;. The Morgan fingerprint density at radius 2 is 0.800 bits per heavy atom. The molecule has 2 aromatic rings. The van der Waals surface area contributed by atoms with E-state index in [1.54, 1.807) is 0 Å². The summed E-state index contributed by atoms with van der Waals surface area (Å²) >= 11 is 0. The summed E-state index contributed by atoms with van der Waals surface area (Å²) in [6, 6.07) is 13.5. The summed E-state index contributed by atoms with van der Waals surface area (Å²) < 4.78 is 25.5. The monoisotopic (exact) mass is 610 g/mol. The molecule has 0 N–H and O–H groups in total. The first-order chi connectivity index (χ1) is 16.0. The summed E-state index contributed by atoms with van der Waals surface area (Å²) in [6.07, 6.45) is 6.27. The van der Waals surface area contributed by atoms with Gasteiger partial charge in [0, 0.05) is 20.4 Å². The van der Waals surface area contributed by atoms with Crippen LogP contribution in [-0.4, -0.2) is 22.6 Å². The molecule has 0 bridgehead atoms. The number of halogens is 2. The van der Waals surface area contributed by atoms with Gasteiger partial charge in [-0.15, -0.1) is 0 Å². The Hall–Kier alpha value is -0.698. The third-order valence-electron chi connectivity index (χ3n) is 5.47. The number of hydrogen-bond donors (Lipinski definition) is 0. The molecule has 0 aliphatic rings. The second kappa shape index (κ2) is 18.5. The van der Waals surface area contributed by atoms with Crippen LogP contribution in [0.15, 0.2) is 72.3 Å². The van der Waals surface area contributed by atoms with Crippen LogP contribution >= 0.6 is 15.8 Å². The van der Waals surface area contributed by atoms with Crippen molar-refractivity contribution in [1.82, 2.24) is 0 Å². The predicted molar refractivity (Wildman–Crippen MR) is 153 cm³/mol. The van der Waals surface area contributed by atoms with Gasteiger partial charge in [-0.3, -0.25) is 0 Å². The van der Waals surface area contributed by atoms with Gasteiger partial charge in [-0.2, -0.15) is 0 Å². The van der Waals surface area contributed by atoms with Crippen LogP contribution in [0.1, 0.15) is 66.5 Å². The third-order valence-corrected chi connectivity index (χ3v) is 11.4. The molecule has 198 valence electrons. The van der Waals surface area contributed by atoms with Crippen molar-refractivity contribution in [3.8, 4) is 0 Å². The van der Waals surface area contributed by atoms with E-state index in [-0.39, 0.29) is 47.9 Å². The van der Waals surface area contributed by atoms with Crippen molar-refractivity contribution in [3.05, 3.63) is 95.1 Å². The molecule has 0 radical (unpaired) electrons. The van der Waals surface area contributed by atoms with E-state index < -0.39 is 0 Å². The van der Waals surface area contributed by atoms with Crippen molar-refractivity contribution < 1.29 is 29.2 Å². The van der Waals surface area contributed by atoms with E-state index >= 15 is 0 Å². The molecule has 0 atom stereocenters. The van der Waals surface area contributed by atoms with E-state index in [1.807, 2.05) is 24.3 Å². The van der Waals surface area contributed by atoms with Gasteiger partial charge in [0.1, 0.15) is 11.6 Å². The van der Waals surface area contributed by atoms with Gasteiger partial charge >= 0.3 is 0 Å². The maximum atomic E-state index is 12.7. The Kier molecular flexibility index (Phi) is 18.2. The fourth-order valence-electron chi connectivity index (χ4n) is 3.74. The van der Waals surface area contributed by atoms with E-state index in [9.17, 15) is 8.78 Å². The molecule has 0 heterocycles. The van der Waals surface area contributed by atoms with Crippen LogP contribution in [0.4, 0.5) is 8.78 Å². The van der Waals surface area contributed by atoms with Gasteiger partial charge in [-0.1, -0.05) is 119 Å². The van der Waals surface area contributed by atoms with E-state index in [0.717, 1.165) is 35.5 Å². The number of rotatable bonds is 10. The molecule has 5 heteroatoms. The first-order valence-corrected chi connectivity index (χ1v) is 15.5. The van der Waals surface area contributed by atoms with Gasteiger partial charge in [0.15, 0.2) is 0 Å². The smallest absolute Gasteiger partial charge is 0.123 e. The fraction of sp³-hybridized carbons (Fsp3) is 0.467. The maximum absolute atomic E-state index is 12.7. The number of allylic oxidation sites excluding steroid dienone is 2. The van der Waals surface area contributed by atoms with Crippen LogP contribution in [0.2, 0.25) is 0 Å². The molecule has 0 spiro atoms. The van der Waals surface area contributed by atoms with Crippen LogP contribution in [-0.2, 0) is 33.3 Å². The normalized spacial score (nSPS) is 11.9. The zero-order valence-corrected chi connectivity index (χ0v) is 26.0. The Morgan fingerprint density at radius 3 is 1.03 bits per heavy atom. The summed E-state index contributed by atoms with van der Waals surface area (Å²) in [5.74, 6) is 4.41. The summed E-state index contributed by atoms with van der Waals surface area (Å²) in [4.78, 5) is 0. The first kappa shape index (κ1) is 34.3. The summed E-state index contributed by atoms with van der Waals surface area (Å²) in [5.41, 5.74) is 5.27. The van der Waals surface area contributed by atoms with E-state index in [0.29, 0.717) is 0 Å². The second-order valence-electron chi connectivity index (χ2n) is 9.70. The first-order valence-electron chi connectivity index (χ1n) is 12.4. The van der Waals surface area contributed by atoms with Gasteiger partial charge in [-0.25, -0.2) is 8.78 Å². The SMILES string of the molecule is CC(C)P(C=CCc1ccc(F)cc1)C(C)C.CC(C)P(C=CCc1ccc(F)cc1)C(C)C.[Pd]. The van der Waals surface area contributed by atoms with Gasteiger partial charge in [0.2, 0.25) is 0 Å². The Morgan fingerprint density at radius 1 is 0.543 bits per heavy atom. The molecule has 35 heavy (non-hydrogen) atoms. The Bertz CT molecular complexity index is 767. The number of hydrogen-bond acceptors (Lipinski definition) is 0. The summed E-state index contributed by atoms with van der Waals surface area (Å²) in [6.45, 7) is 18.3. The van der Waals surface area contributed by atoms with E-state index in [2.05, 4.69) is 79.2 Å². The minimum absolute atomic E-state index is 0. The summed E-state index contributed by atoms with van der Waals surface area (Å²) in [5, 5.41) is 0. The predicted octanol–water partition coefficient (Wildman–Crippen LogP) is 10.4. The van der Waals surface area contributed by atoms with Gasteiger partial charge in [-0.05, 0) is 70.9 Å². The number of benzene rings is 2. The van der Waals surface area contributed by atoms with Crippen molar-refractivity contribution in [2.24, 2.45) is 0 Å². The molecule has 0 fully saturated rings. The molecule has 0 unspecified atom stereocenters. The largest absolute Gasteiger partial charge is 0.207 e. The van der Waals surface area contributed by atoms with Crippen LogP contribution < -0.4 is 0 Å². The zero-order chi connectivity index (χ0) is 25.7. The molecule has 0 aliphatic heterocycles. The molecular formula is C30H44F2P2Pd. The van der Waals surface area contributed by atoms with Crippen molar-refractivity contribution in [2.45, 2.75) is 90.9 Å². The van der Waals surface area contributed by atoms with Gasteiger partial charge < -0.3 is 0 Å². The van der Waals surface area contributed by atoms with Crippen LogP contribution in [0.5, 0.6) is 0 Å². The third kappa shape index (κ3) is 14.6. The average molecular weight is 611 g/mol. The molecule has 0 nitrogen and oxygen atoms in total. The second-order valence-corrected chi connectivity index (χ2v) is 16.2. The van der Waals surface area contributed by atoms with Crippen LogP contribution in [0, 0.1) is 11.6 Å². The van der Waals surface area contributed by atoms with Gasteiger partial charge in [0.25, 0.3) is 0 Å². The average Bonchev–Trinajstić information content (AvgIpc) is 2.76. The molecule has 0 aromatic heterocycles. The Labute approximate surface area is 230 Å². The van der Waals surface area contributed by atoms with Gasteiger partial charge in [0.05, 0.1) is 0 Å². The maximum Gasteiger partial charge on any atom is 0.123 e. The molecule has 0 saturated carbocycles. The molecule has 0 saturated heterocycles. The van der Waals surface area contributed by atoms with E-state index in [1.165, 1.54) is 35.4 Å². The van der Waals surface area contributed by atoms with Crippen LogP contribution in [0.3, 0.4) is 0 Å². The minimum Gasteiger partial charge on any atom is -0.207 e. The fourth-order valence-corrected chi connectivity index (χ4v) is 8.20. The minimum atomic E-state index is -0.163. The van der Waals surface area contributed by atoms with E-state index in [4.69, 9.17) is 0 Å². The van der Waals surface area contributed by atoms with Crippen LogP contribution in [0.25, 0.3) is 0 Å². The zero-order valence-electron chi connectivity index (χ0n) is 22.6. The summed E-state index contributed by atoms with van der Waals surface area (Å²) in [7, 11) is -0.0715. The Balaban J connectivity index is 0.000000642. The van der Waals surface area contributed by atoms with Crippen molar-refractivity contribution in [1.29, 1.82) is 0 Å². The van der Waals surface area contributed by atoms with Crippen molar-refractivity contribution in [3.63, 3.8) is 0 Å². The topological polar surface area (TPSA) is 0 Å². The quantitative estimate of drug-likeness (QED) is 0.185.